The molecule has 5 N–H and O–H groups in total. The average Bonchev–Trinajstić information content (AvgIpc) is 3.39. The summed E-state index contributed by atoms with van der Waals surface area (Å²) >= 11 is 7.69. The summed E-state index contributed by atoms with van der Waals surface area (Å²) in [6, 6.07) is 22.7. The van der Waals surface area contributed by atoms with E-state index in [1.54, 1.807) is 35.6 Å². The summed E-state index contributed by atoms with van der Waals surface area (Å²) in [6.07, 6.45) is 0. The Kier molecular flexibility index (Phi) is 14.2. The lowest BCUT2D eigenvalue weighted by molar-refractivity contribution is -0.159. The van der Waals surface area contributed by atoms with Crippen molar-refractivity contribution in [1.29, 1.82) is 0 Å². The van der Waals surface area contributed by atoms with Gasteiger partial charge in [0, 0.05) is 50.2 Å². The Hall–Kier alpha value is -3.86. The second kappa shape index (κ2) is 17.3. The van der Waals surface area contributed by atoms with Crippen LogP contribution in [0.5, 0.6) is 0 Å². The van der Waals surface area contributed by atoms with Crippen LogP contribution in [0.4, 0.5) is 0 Å². The largest absolute Gasteiger partial charge is 0.473 e. The molecule has 0 radical (unpaired) electrons. The fraction of sp³-hybridized carbons (Fsp3) is 0.259. The first kappa shape index (κ1) is 35.3. The number of rotatable bonds is 8. The van der Waals surface area contributed by atoms with Crippen molar-refractivity contribution in [1.82, 2.24) is 14.5 Å². The van der Waals surface area contributed by atoms with Crippen LogP contribution in [0.2, 0.25) is 4.34 Å². The summed E-state index contributed by atoms with van der Waals surface area (Å²) in [4.78, 5) is 42.8. The van der Waals surface area contributed by atoms with Gasteiger partial charge in [-0.25, -0.2) is 32.3 Å². The van der Waals surface area contributed by atoms with Crippen LogP contribution in [-0.4, -0.2) is 95.2 Å². The molecule has 2 aromatic carbocycles. The Balaban J connectivity index is 0.000000455. The third-order valence-corrected chi connectivity index (χ3v) is 8.58. The molecule has 1 aliphatic heterocycles. The SMILES string of the molecule is O=C(O)C(=O)O.O=C(O)C(=O)O.O=S(=O)(NCC(c1ccccc1)N1CCN(Cc2ccc(Cl)s2)CC1)c1ccccc1. The van der Waals surface area contributed by atoms with Gasteiger partial charge in [0.05, 0.1) is 9.23 Å². The van der Waals surface area contributed by atoms with Gasteiger partial charge in [-0.05, 0) is 29.8 Å². The van der Waals surface area contributed by atoms with Crippen LogP contribution in [0.3, 0.4) is 0 Å². The molecule has 0 aliphatic carbocycles. The van der Waals surface area contributed by atoms with Crippen LogP contribution >= 0.6 is 22.9 Å². The number of carboxylic acids is 4. The molecule has 1 saturated heterocycles. The maximum Gasteiger partial charge on any atom is 0.414 e. The van der Waals surface area contributed by atoms with E-state index in [0.29, 0.717) is 11.4 Å². The molecule has 43 heavy (non-hydrogen) atoms. The van der Waals surface area contributed by atoms with E-state index in [1.807, 2.05) is 30.3 Å². The van der Waals surface area contributed by atoms with E-state index in [9.17, 15) is 8.42 Å². The molecule has 0 bridgehead atoms. The molecule has 1 fully saturated rings. The fourth-order valence-electron chi connectivity index (χ4n) is 3.89. The van der Waals surface area contributed by atoms with Crippen molar-refractivity contribution in [2.45, 2.75) is 17.5 Å². The molecule has 232 valence electrons. The smallest absolute Gasteiger partial charge is 0.414 e. The number of carboxylic acid groups (broad SMARTS) is 4. The zero-order valence-corrected chi connectivity index (χ0v) is 25.0. The minimum Gasteiger partial charge on any atom is -0.473 e. The van der Waals surface area contributed by atoms with Crippen molar-refractivity contribution < 1.29 is 48.0 Å². The molecule has 16 heteroatoms. The van der Waals surface area contributed by atoms with E-state index in [0.717, 1.165) is 42.6 Å². The minimum atomic E-state index is -3.55. The van der Waals surface area contributed by atoms with Crippen LogP contribution in [-0.2, 0) is 35.7 Å². The summed E-state index contributed by atoms with van der Waals surface area (Å²) in [5, 5.41) is 29.6. The number of benzene rings is 2. The third kappa shape index (κ3) is 12.5. The molecule has 1 atom stereocenters. The number of nitrogens with one attached hydrogen (secondary N) is 1. The highest BCUT2D eigenvalue weighted by molar-refractivity contribution is 7.89. The van der Waals surface area contributed by atoms with E-state index in [-0.39, 0.29) is 6.04 Å². The van der Waals surface area contributed by atoms with Gasteiger partial charge in [0.15, 0.2) is 0 Å². The molecule has 2 heterocycles. The van der Waals surface area contributed by atoms with Gasteiger partial charge in [-0.3, -0.25) is 9.80 Å². The topological polar surface area (TPSA) is 202 Å². The van der Waals surface area contributed by atoms with Gasteiger partial charge in [-0.2, -0.15) is 0 Å². The molecular formula is C27H30ClN3O10S2. The summed E-state index contributed by atoms with van der Waals surface area (Å²) in [5.74, 6) is -7.30. The number of piperazine rings is 1. The monoisotopic (exact) mass is 655 g/mol. The van der Waals surface area contributed by atoms with E-state index >= 15 is 0 Å². The molecule has 4 rings (SSSR count). The normalized spacial score (nSPS) is 14.3. The lowest BCUT2D eigenvalue weighted by Crippen LogP contribution is -2.49. The second-order valence-electron chi connectivity index (χ2n) is 8.83. The van der Waals surface area contributed by atoms with Gasteiger partial charge in [0.1, 0.15) is 0 Å². The molecule has 1 unspecified atom stereocenters. The number of aliphatic carboxylic acids is 4. The molecule has 3 aromatic rings. The summed E-state index contributed by atoms with van der Waals surface area (Å²) in [7, 11) is -3.55. The number of halogens is 1. The van der Waals surface area contributed by atoms with E-state index in [2.05, 4.69) is 32.7 Å². The number of carbonyl (C=O) groups is 4. The zero-order chi connectivity index (χ0) is 32.0. The lowest BCUT2D eigenvalue weighted by Gasteiger charge is -2.39. The van der Waals surface area contributed by atoms with Crippen LogP contribution < -0.4 is 4.72 Å². The molecule has 0 amide bonds. The average molecular weight is 656 g/mol. The van der Waals surface area contributed by atoms with Gasteiger partial charge in [0.25, 0.3) is 0 Å². The first-order chi connectivity index (χ1) is 20.3. The summed E-state index contributed by atoms with van der Waals surface area (Å²) in [6.45, 7) is 4.87. The number of sulfonamides is 1. The molecular weight excluding hydrogens is 626 g/mol. The first-order valence-corrected chi connectivity index (χ1v) is 15.2. The lowest BCUT2D eigenvalue weighted by atomic mass is 10.0. The van der Waals surface area contributed by atoms with Gasteiger partial charge in [-0.1, -0.05) is 60.1 Å². The molecule has 13 nitrogen and oxygen atoms in total. The fourth-order valence-corrected chi connectivity index (χ4v) is 6.08. The number of nitrogens with zero attached hydrogens (tertiary/aromatic N) is 2. The van der Waals surface area contributed by atoms with E-state index in [1.165, 1.54) is 4.88 Å². The Morgan fingerprint density at radius 2 is 1.26 bits per heavy atom. The highest BCUT2D eigenvalue weighted by atomic mass is 35.5. The Morgan fingerprint density at radius 1 is 0.767 bits per heavy atom. The van der Waals surface area contributed by atoms with Crippen molar-refractivity contribution in [3.63, 3.8) is 0 Å². The third-order valence-electron chi connectivity index (χ3n) is 5.93. The van der Waals surface area contributed by atoms with Gasteiger partial charge in [-0.15, -0.1) is 11.3 Å². The molecule has 0 saturated carbocycles. The number of thiophene rings is 1. The molecule has 1 aliphatic rings. The van der Waals surface area contributed by atoms with E-state index in [4.69, 9.17) is 51.2 Å². The van der Waals surface area contributed by atoms with Crippen molar-refractivity contribution in [2.24, 2.45) is 0 Å². The van der Waals surface area contributed by atoms with Crippen LogP contribution in [0.1, 0.15) is 16.5 Å². The number of hydrogen-bond acceptors (Lipinski definition) is 9. The molecule has 1 aromatic heterocycles. The predicted octanol–water partition coefficient (Wildman–Crippen LogP) is 2.55. The van der Waals surface area contributed by atoms with Crippen molar-refractivity contribution in [3.05, 3.63) is 87.6 Å². The predicted molar refractivity (Wildman–Crippen MR) is 158 cm³/mol. The summed E-state index contributed by atoms with van der Waals surface area (Å²) in [5.41, 5.74) is 1.12. The molecule has 0 spiro atoms. The van der Waals surface area contributed by atoms with Crippen molar-refractivity contribution >= 4 is 56.8 Å². The summed E-state index contributed by atoms with van der Waals surface area (Å²) < 4.78 is 29.2. The Labute approximate surface area is 256 Å². The number of hydrogen-bond donors (Lipinski definition) is 5. The van der Waals surface area contributed by atoms with Crippen LogP contribution in [0, 0.1) is 0 Å². The maximum atomic E-state index is 12.8. The zero-order valence-electron chi connectivity index (χ0n) is 22.6. The van der Waals surface area contributed by atoms with Crippen molar-refractivity contribution in [3.8, 4) is 0 Å². The highest BCUT2D eigenvalue weighted by Gasteiger charge is 2.27. The quantitative estimate of drug-likeness (QED) is 0.222. The minimum absolute atomic E-state index is 0.0157. The van der Waals surface area contributed by atoms with Gasteiger partial charge in [0.2, 0.25) is 10.0 Å². The van der Waals surface area contributed by atoms with Crippen LogP contribution in [0.25, 0.3) is 0 Å². The van der Waals surface area contributed by atoms with Gasteiger partial charge < -0.3 is 20.4 Å². The Bertz CT molecular complexity index is 1410. The van der Waals surface area contributed by atoms with E-state index < -0.39 is 33.9 Å². The Morgan fingerprint density at radius 3 is 1.70 bits per heavy atom. The van der Waals surface area contributed by atoms with Gasteiger partial charge >= 0.3 is 23.9 Å². The second-order valence-corrected chi connectivity index (χ2v) is 12.4. The van der Waals surface area contributed by atoms with Crippen LogP contribution in [0.15, 0.2) is 77.7 Å². The first-order valence-electron chi connectivity index (χ1n) is 12.5. The van der Waals surface area contributed by atoms with Crippen molar-refractivity contribution in [2.75, 3.05) is 32.7 Å². The standard InChI is InChI=1S/C23H26ClN3O2S2.2C2H2O4/c24-23-12-11-20(30-23)18-26-13-15-27(16-14-26)22(19-7-3-1-4-8-19)17-25-31(28,29)21-9-5-2-6-10-21;2*3-1(4)2(5)6/h1-12,22,25H,13-18H2;2*(H,3,4)(H,5,6). The maximum absolute atomic E-state index is 12.8. The highest BCUT2D eigenvalue weighted by Crippen LogP contribution is 2.25.